The molecule has 472 valence electrons. The van der Waals surface area contributed by atoms with Gasteiger partial charge in [-0.2, -0.15) is 21.0 Å². The van der Waals surface area contributed by atoms with Gasteiger partial charge in [0.1, 0.15) is 69.8 Å². The average molecular weight is 1270 g/mol. The molecule has 0 bridgehead atoms. The Morgan fingerprint density at radius 1 is 0.400 bits per heavy atom. The lowest BCUT2D eigenvalue weighted by Crippen LogP contribution is -2.57. The van der Waals surface area contributed by atoms with Crippen LogP contribution >= 0.6 is 15.6 Å². The van der Waals surface area contributed by atoms with E-state index in [4.69, 9.17) is 37.0 Å². The number of fused-ring (bicyclic) bond motifs is 4. The maximum absolute atomic E-state index is 14.1. The highest BCUT2D eigenvalue weighted by molar-refractivity contribution is 7.46. The molecule has 26 heteroatoms. The van der Waals surface area contributed by atoms with Crippen molar-refractivity contribution in [2.24, 2.45) is 0 Å². The van der Waals surface area contributed by atoms with Crippen molar-refractivity contribution >= 4 is 39.3 Å². The van der Waals surface area contributed by atoms with Crippen LogP contribution in [-0.2, 0) is 46.4 Å². The summed E-state index contributed by atoms with van der Waals surface area (Å²) in [4.78, 5) is 86.7. The van der Waals surface area contributed by atoms with E-state index in [1.807, 2.05) is 0 Å². The molecule has 4 aromatic rings. The lowest BCUT2D eigenvalue weighted by molar-refractivity contribution is -0.253. The highest BCUT2D eigenvalue weighted by atomic mass is 31.2. The van der Waals surface area contributed by atoms with Crippen LogP contribution in [0.1, 0.15) is 175 Å². The van der Waals surface area contributed by atoms with Crippen molar-refractivity contribution in [3.8, 4) is 47.3 Å². The van der Waals surface area contributed by atoms with Gasteiger partial charge in [0.2, 0.25) is 23.6 Å². The predicted octanol–water partition coefficient (Wildman–Crippen LogP) is 8.08. The van der Waals surface area contributed by atoms with Gasteiger partial charge >= 0.3 is 0 Å². The molecule has 4 saturated heterocycles. The average Bonchev–Trinajstić information content (AvgIpc) is 1.00. The maximum Gasteiger partial charge on any atom is 0.268 e. The standard InChI is InChI=1S/2C32H35N4O8P/c2*1-31(2)29(27(35-13-5-7-25(35)37)21-15-19(17-33)9-11-23(21)41-31)43-45(39,40)44-30-28(36-14-6-8-26(36)38)22-16-20(18-34)10-12-24(22)42-32(30,3)4/h2*9-12,15-16,27-30H,5-8,13-14H2,1-4H3,(H,39,40)/p-2/t2*27-,28-,29+,30+/m11/s1. The number of carbonyl (C=O) groups excluding carboxylic acids is 4. The first-order valence-electron chi connectivity index (χ1n) is 29.9. The Hall–Kier alpha value is -7.86. The Morgan fingerprint density at radius 3 is 0.767 bits per heavy atom. The summed E-state index contributed by atoms with van der Waals surface area (Å²) < 4.78 is 76.7. The summed E-state index contributed by atoms with van der Waals surface area (Å²) in [6.07, 6.45) is -1.45. The minimum atomic E-state index is -5.26. The van der Waals surface area contributed by atoms with Crippen LogP contribution in [0.4, 0.5) is 0 Å². The van der Waals surface area contributed by atoms with Crippen LogP contribution in [0, 0.1) is 45.3 Å². The number of phosphoric acid groups is 2. The minimum absolute atomic E-state index is 0.166. The van der Waals surface area contributed by atoms with Gasteiger partial charge in [-0.3, -0.25) is 28.3 Å². The molecule has 0 saturated carbocycles. The van der Waals surface area contributed by atoms with E-state index in [9.17, 15) is 59.1 Å². The summed E-state index contributed by atoms with van der Waals surface area (Å²) in [5, 5.41) is 38.4. The van der Waals surface area contributed by atoms with Crippen LogP contribution in [-0.4, -0.2) is 116 Å². The van der Waals surface area contributed by atoms with Crippen LogP contribution in [0.2, 0.25) is 0 Å². The summed E-state index contributed by atoms with van der Waals surface area (Å²) in [5.74, 6) is 1.02. The van der Waals surface area contributed by atoms with Crippen molar-refractivity contribution in [1.82, 2.24) is 19.6 Å². The molecule has 0 radical (unpaired) electrons. The lowest BCUT2D eigenvalue weighted by atomic mass is 9.85. The molecule has 8 heterocycles. The molecule has 8 aliphatic rings. The Kier molecular flexibility index (Phi) is 16.8. The van der Waals surface area contributed by atoms with E-state index in [1.54, 1.807) is 148 Å². The zero-order valence-corrected chi connectivity index (χ0v) is 52.8. The zero-order chi connectivity index (χ0) is 64.6. The van der Waals surface area contributed by atoms with E-state index in [0.717, 1.165) is 0 Å². The third-order valence-corrected chi connectivity index (χ3v) is 19.9. The Morgan fingerprint density at radius 2 is 0.600 bits per heavy atom. The normalized spacial score (nSPS) is 26.7. The molecule has 0 aliphatic carbocycles. The second-order valence-electron chi connectivity index (χ2n) is 25.8. The molecule has 4 aromatic carbocycles. The van der Waals surface area contributed by atoms with E-state index in [1.165, 1.54) is 0 Å². The molecule has 0 unspecified atom stereocenters. The van der Waals surface area contributed by atoms with E-state index in [2.05, 4.69) is 24.3 Å². The maximum atomic E-state index is 14.1. The van der Waals surface area contributed by atoms with Crippen LogP contribution < -0.4 is 28.7 Å². The number of hydrogen-bond donors (Lipinski definition) is 0. The third-order valence-electron chi connectivity index (χ3n) is 18.0. The first-order valence-corrected chi connectivity index (χ1v) is 32.9. The number of hydrogen-bond acceptors (Lipinski definition) is 20. The van der Waals surface area contributed by atoms with Crippen LogP contribution in [0.3, 0.4) is 0 Å². The van der Waals surface area contributed by atoms with Gasteiger partial charge in [-0.15, -0.1) is 0 Å². The van der Waals surface area contributed by atoms with E-state index in [0.29, 0.717) is 145 Å². The van der Waals surface area contributed by atoms with Gasteiger partial charge in [0.25, 0.3) is 15.6 Å². The molecule has 0 N–H and O–H groups in total. The van der Waals surface area contributed by atoms with Gasteiger partial charge in [-0.05, 0) is 154 Å². The molecular weight excluding hydrogens is 1200 g/mol. The van der Waals surface area contributed by atoms with Gasteiger partial charge in [-0.1, -0.05) is 0 Å². The number of carbonyl (C=O) groups is 4. The predicted molar refractivity (Wildman–Crippen MR) is 313 cm³/mol. The number of benzene rings is 4. The molecule has 0 aromatic heterocycles. The fourth-order valence-corrected chi connectivity index (χ4v) is 16.5. The Bertz CT molecular complexity index is 3400. The second kappa shape index (κ2) is 23.7. The first-order chi connectivity index (χ1) is 42.5. The van der Waals surface area contributed by atoms with Gasteiger partial charge in [-0.25, -0.2) is 0 Å². The minimum Gasteiger partial charge on any atom is -0.756 e. The molecule has 0 spiro atoms. The summed E-state index contributed by atoms with van der Waals surface area (Å²) in [6.45, 7) is 14.9. The summed E-state index contributed by atoms with van der Waals surface area (Å²) in [6, 6.07) is 24.1. The summed E-state index contributed by atoms with van der Waals surface area (Å²) in [7, 11) is -10.5. The van der Waals surface area contributed by atoms with Crippen molar-refractivity contribution in [3.05, 3.63) is 117 Å². The monoisotopic (exact) mass is 1270 g/mol. The summed E-state index contributed by atoms with van der Waals surface area (Å²) >= 11 is 0. The molecular formula is C64H68N8O16P2-2. The van der Waals surface area contributed by atoms with Crippen LogP contribution in [0.25, 0.3) is 0 Å². The van der Waals surface area contributed by atoms with Crippen molar-refractivity contribution in [1.29, 1.82) is 21.0 Å². The second-order valence-corrected chi connectivity index (χ2v) is 28.5. The van der Waals surface area contributed by atoms with Gasteiger partial charge < -0.3 is 66.4 Å². The van der Waals surface area contributed by atoms with E-state index in [-0.39, 0.29) is 23.6 Å². The number of amides is 4. The molecule has 4 fully saturated rings. The fraction of sp³-hybridized carbons (Fsp3) is 0.500. The van der Waals surface area contributed by atoms with Gasteiger partial charge in [0, 0.05) is 74.1 Å². The fourth-order valence-electron chi connectivity index (χ4n) is 13.8. The molecule has 24 nitrogen and oxygen atoms in total. The Labute approximate surface area is 521 Å². The van der Waals surface area contributed by atoms with Gasteiger partial charge in [0.05, 0.1) is 70.7 Å². The number of nitriles is 4. The highest BCUT2D eigenvalue weighted by Crippen LogP contribution is 2.59. The largest absolute Gasteiger partial charge is 0.756 e. The number of ether oxygens (including phenoxy) is 4. The number of phosphoric ester groups is 2. The van der Waals surface area contributed by atoms with Crippen LogP contribution in [0.15, 0.2) is 72.8 Å². The highest BCUT2D eigenvalue weighted by Gasteiger charge is 2.57. The van der Waals surface area contributed by atoms with E-state index < -0.39 is 86.6 Å². The lowest BCUT2D eigenvalue weighted by Gasteiger charge is -2.51. The number of likely N-dealkylation sites (tertiary alicyclic amines) is 4. The van der Waals surface area contributed by atoms with Gasteiger partial charge in [0.15, 0.2) is 0 Å². The Balaban J connectivity index is 0.000000185. The van der Waals surface area contributed by atoms with Crippen molar-refractivity contribution in [3.63, 3.8) is 0 Å². The smallest absolute Gasteiger partial charge is 0.268 e. The van der Waals surface area contributed by atoms with E-state index >= 15 is 0 Å². The molecule has 8 aliphatic heterocycles. The number of nitrogens with zero attached hydrogens (tertiary/aromatic N) is 8. The summed E-state index contributed by atoms with van der Waals surface area (Å²) in [5.41, 5.74) is -1.86. The third kappa shape index (κ3) is 12.0. The first kappa shape index (κ1) is 63.7. The topological polar surface area (TPSA) is 330 Å². The molecule has 4 amide bonds. The molecule has 90 heavy (non-hydrogen) atoms. The molecule has 8 atom stereocenters. The molecule has 12 rings (SSSR count). The van der Waals surface area contributed by atoms with Crippen molar-refractivity contribution in [2.75, 3.05) is 26.2 Å². The van der Waals surface area contributed by atoms with Crippen molar-refractivity contribution < 1.29 is 75.1 Å². The van der Waals surface area contributed by atoms with Crippen LogP contribution in [0.5, 0.6) is 23.0 Å². The zero-order valence-electron chi connectivity index (χ0n) is 51.0. The van der Waals surface area contributed by atoms with Crippen molar-refractivity contribution in [2.45, 2.75) is 178 Å². The SMILES string of the molecule is CC1(C)Oc2ccc(C#N)cc2[C@@H](N2CCCC2=O)[C@@H]1OP(=O)([O-])O[C@H]1[C@H](N2CCCC2=O)c2cc(C#N)ccc2OC1(C)C.CC1(C)Oc2ccc(C#N)cc2[C@@H](N2CCCC2=O)[C@@H]1OP(=O)([O-])O[C@H]1[C@H](N2CCCC2=O)c2cc(C#N)ccc2OC1(C)C. The number of rotatable bonds is 12. The quantitative estimate of drug-likeness (QED) is 0.121.